The number of H-pyrrole nitrogens is 1. The first-order chi connectivity index (χ1) is 20.0. The first-order valence-corrected chi connectivity index (χ1v) is 13.2. The standard InChI is InChI=1S/C15H16N4O.C10H15N3O.C5H6N2O/c1-9(2)10-5-6-12(16)11(8-10)14-17-15(19-18-14)13-4-3-7-20-13;1-6(2)7-3-4-9(11)8(5-7)10(14)13-12;6-5(7)4-2-1-3-8-4/h3-9H,16H2,1-2H3,(H,17,18,19);3-6H,11-12H2,1-2H3,(H,13,14);1-3H,(H3,6,7). The molecule has 5 rings (SSSR count). The smallest absolute Gasteiger partial charge is 0.267 e. The molecule has 0 aliphatic heterocycles. The number of nitrogen functional groups attached to an aromatic ring is 4. The Balaban J connectivity index is 0.000000191. The van der Waals surface area contributed by atoms with Crippen molar-refractivity contribution in [1.82, 2.24) is 20.6 Å². The summed E-state index contributed by atoms with van der Waals surface area (Å²) in [5.74, 6) is 7.70. The first-order valence-electron chi connectivity index (χ1n) is 13.2. The maximum absolute atomic E-state index is 11.3. The van der Waals surface area contributed by atoms with Gasteiger partial charge >= 0.3 is 0 Å². The Hall–Kier alpha value is -5.36. The third-order valence-electron chi connectivity index (χ3n) is 6.13. The second-order valence-electron chi connectivity index (χ2n) is 9.85. The average Bonchev–Trinajstić information content (AvgIpc) is 3.76. The minimum atomic E-state index is -0.356. The van der Waals surface area contributed by atoms with E-state index >= 15 is 0 Å². The normalized spacial score (nSPS) is 10.5. The zero-order valence-electron chi connectivity index (χ0n) is 24.0. The fraction of sp³-hybridized carbons (Fsp3) is 0.200. The quantitative estimate of drug-likeness (QED) is 0.0363. The lowest BCUT2D eigenvalue weighted by Crippen LogP contribution is -2.30. The van der Waals surface area contributed by atoms with Crippen LogP contribution in [0.15, 0.2) is 82.0 Å². The number of rotatable bonds is 6. The number of aromatic nitrogens is 3. The van der Waals surface area contributed by atoms with Crippen molar-refractivity contribution in [2.75, 3.05) is 11.5 Å². The van der Waals surface area contributed by atoms with Crippen LogP contribution in [0.1, 0.15) is 66.8 Å². The molecule has 42 heavy (non-hydrogen) atoms. The van der Waals surface area contributed by atoms with Crippen molar-refractivity contribution in [1.29, 1.82) is 5.41 Å². The lowest BCUT2D eigenvalue weighted by molar-refractivity contribution is 0.0954. The highest BCUT2D eigenvalue weighted by molar-refractivity contribution is 5.99. The third-order valence-corrected chi connectivity index (χ3v) is 6.13. The second kappa shape index (κ2) is 14.3. The van der Waals surface area contributed by atoms with Gasteiger partial charge in [-0.3, -0.25) is 20.7 Å². The molecule has 0 aliphatic carbocycles. The summed E-state index contributed by atoms with van der Waals surface area (Å²) >= 11 is 0. The van der Waals surface area contributed by atoms with Gasteiger partial charge in [-0.25, -0.2) is 10.8 Å². The number of carbonyl (C=O) groups is 1. The van der Waals surface area contributed by atoms with Crippen LogP contribution in [0.2, 0.25) is 0 Å². The molecule has 0 atom stereocenters. The van der Waals surface area contributed by atoms with Crippen LogP contribution in [-0.2, 0) is 0 Å². The highest BCUT2D eigenvalue weighted by atomic mass is 16.3. The number of nitrogens with two attached hydrogens (primary N) is 4. The Bertz CT molecular complexity index is 1590. The summed E-state index contributed by atoms with van der Waals surface area (Å²) in [6.45, 7) is 8.38. The molecule has 3 heterocycles. The van der Waals surface area contributed by atoms with E-state index in [4.69, 9.17) is 37.3 Å². The molecule has 11 N–H and O–H groups in total. The number of nitrogens with zero attached hydrogens (tertiary/aromatic N) is 2. The largest absolute Gasteiger partial charge is 0.461 e. The molecule has 220 valence electrons. The molecule has 1 amide bonds. The summed E-state index contributed by atoms with van der Waals surface area (Å²) in [5.41, 5.74) is 23.4. The minimum Gasteiger partial charge on any atom is -0.461 e. The number of hydrazine groups is 1. The van der Waals surface area contributed by atoms with Crippen LogP contribution in [0.5, 0.6) is 0 Å². The molecule has 5 aromatic rings. The van der Waals surface area contributed by atoms with E-state index in [1.165, 1.54) is 11.8 Å². The molecule has 0 unspecified atom stereocenters. The van der Waals surface area contributed by atoms with Crippen LogP contribution < -0.4 is 28.5 Å². The third kappa shape index (κ3) is 8.08. The second-order valence-corrected chi connectivity index (χ2v) is 9.85. The number of anilines is 2. The molecule has 0 radical (unpaired) electrons. The highest BCUT2D eigenvalue weighted by Crippen LogP contribution is 2.28. The molecule has 0 saturated heterocycles. The maximum Gasteiger partial charge on any atom is 0.267 e. The zero-order chi connectivity index (χ0) is 30.8. The molecule has 2 aromatic carbocycles. The SMILES string of the molecule is CC(C)c1ccc(N)c(-c2n[nH]c(-c3ccco3)n2)c1.CC(C)c1ccc(N)c(C(=O)NN)c1.N=C(N)c1ccco1. The number of nitrogens with one attached hydrogen (secondary N) is 3. The number of furan rings is 2. The molecule has 3 aromatic heterocycles. The van der Waals surface area contributed by atoms with E-state index in [9.17, 15) is 4.79 Å². The topological polar surface area (TPSA) is 225 Å². The Labute approximate surface area is 244 Å². The van der Waals surface area contributed by atoms with E-state index in [0.29, 0.717) is 51.9 Å². The van der Waals surface area contributed by atoms with Gasteiger partial charge in [0, 0.05) is 16.9 Å². The van der Waals surface area contributed by atoms with Crippen LogP contribution in [0, 0.1) is 5.41 Å². The van der Waals surface area contributed by atoms with Gasteiger partial charge in [0.1, 0.15) is 0 Å². The Morgan fingerprint density at radius 2 is 1.52 bits per heavy atom. The fourth-order valence-corrected chi connectivity index (χ4v) is 3.67. The number of benzene rings is 2. The number of hydrogen-bond donors (Lipinski definition) is 7. The molecule has 0 bridgehead atoms. The summed E-state index contributed by atoms with van der Waals surface area (Å²) in [7, 11) is 0. The summed E-state index contributed by atoms with van der Waals surface area (Å²) in [5, 5.41) is 13.9. The first kappa shape index (κ1) is 31.2. The van der Waals surface area contributed by atoms with E-state index in [0.717, 1.165) is 11.1 Å². The molecule has 12 heteroatoms. The number of hydrogen-bond acceptors (Lipinski definition) is 9. The molecular weight excluding hydrogens is 534 g/mol. The highest BCUT2D eigenvalue weighted by Gasteiger charge is 2.13. The van der Waals surface area contributed by atoms with Gasteiger partial charge in [0.05, 0.1) is 18.1 Å². The molecule has 12 nitrogen and oxygen atoms in total. The van der Waals surface area contributed by atoms with Crippen LogP contribution >= 0.6 is 0 Å². The lowest BCUT2D eigenvalue weighted by Gasteiger charge is -2.09. The maximum atomic E-state index is 11.3. The van der Waals surface area contributed by atoms with Crippen LogP contribution in [0.25, 0.3) is 23.0 Å². The van der Waals surface area contributed by atoms with E-state index in [1.54, 1.807) is 30.5 Å². The van der Waals surface area contributed by atoms with E-state index in [2.05, 4.69) is 48.3 Å². The lowest BCUT2D eigenvalue weighted by atomic mass is 9.99. The summed E-state index contributed by atoms with van der Waals surface area (Å²) < 4.78 is 10.0. The van der Waals surface area contributed by atoms with Gasteiger partial charge < -0.3 is 26.0 Å². The zero-order valence-corrected chi connectivity index (χ0v) is 24.0. The van der Waals surface area contributed by atoms with E-state index < -0.39 is 0 Å². The van der Waals surface area contributed by atoms with Gasteiger partial charge in [-0.1, -0.05) is 39.8 Å². The van der Waals surface area contributed by atoms with E-state index in [-0.39, 0.29) is 11.7 Å². The van der Waals surface area contributed by atoms with Crippen molar-refractivity contribution in [3.63, 3.8) is 0 Å². The summed E-state index contributed by atoms with van der Waals surface area (Å²) in [4.78, 5) is 15.7. The molecule has 0 spiro atoms. The average molecular weight is 572 g/mol. The Morgan fingerprint density at radius 1 is 0.905 bits per heavy atom. The predicted octanol–water partition coefficient (Wildman–Crippen LogP) is 5.00. The van der Waals surface area contributed by atoms with Crippen LogP contribution in [0.3, 0.4) is 0 Å². The van der Waals surface area contributed by atoms with Gasteiger partial charge in [-0.15, -0.1) is 0 Å². The van der Waals surface area contributed by atoms with Crippen molar-refractivity contribution in [2.24, 2.45) is 11.6 Å². The monoisotopic (exact) mass is 571 g/mol. The number of amides is 1. The Morgan fingerprint density at radius 3 is 2.05 bits per heavy atom. The summed E-state index contributed by atoms with van der Waals surface area (Å²) in [6, 6.07) is 18.3. The van der Waals surface area contributed by atoms with Gasteiger partial charge in [-0.05, 0) is 71.5 Å². The summed E-state index contributed by atoms with van der Waals surface area (Å²) in [6.07, 6.45) is 3.09. The van der Waals surface area contributed by atoms with Crippen LogP contribution in [-0.4, -0.2) is 26.9 Å². The Kier molecular flexibility index (Phi) is 10.6. The van der Waals surface area contributed by atoms with Gasteiger partial charge in [-0.2, -0.15) is 5.10 Å². The van der Waals surface area contributed by atoms with Gasteiger partial charge in [0.15, 0.2) is 29.0 Å². The molecule has 0 aliphatic rings. The van der Waals surface area contributed by atoms with Crippen molar-refractivity contribution in [3.8, 4) is 23.0 Å². The number of amidine groups is 1. The minimum absolute atomic E-state index is 0.0324. The van der Waals surface area contributed by atoms with Gasteiger partial charge in [0.25, 0.3) is 5.91 Å². The van der Waals surface area contributed by atoms with E-state index in [1.807, 2.05) is 36.4 Å². The van der Waals surface area contributed by atoms with Crippen molar-refractivity contribution in [3.05, 3.63) is 95.6 Å². The fourth-order valence-electron chi connectivity index (χ4n) is 3.67. The van der Waals surface area contributed by atoms with Gasteiger partial charge in [0.2, 0.25) is 0 Å². The van der Waals surface area contributed by atoms with Crippen molar-refractivity contribution >= 4 is 23.1 Å². The molecule has 0 saturated carbocycles. The predicted molar refractivity (Wildman–Crippen MR) is 164 cm³/mol. The van der Waals surface area contributed by atoms with Crippen molar-refractivity contribution in [2.45, 2.75) is 39.5 Å². The number of aromatic amines is 1. The number of carbonyl (C=O) groups excluding carboxylic acids is 1. The molecule has 0 fully saturated rings. The molecular formula is C30H37N9O3. The van der Waals surface area contributed by atoms with Crippen LogP contribution in [0.4, 0.5) is 11.4 Å². The van der Waals surface area contributed by atoms with Crippen molar-refractivity contribution < 1.29 is 13.6 Å².